The Balaban J connectivity index is 2.01. The zero-order valence-corrected chi connectivity index (χ0v) is 11.9. The molecular formula is C15H16FN3O2. The summed E-state index contributed by atoms with van der Waals surface area (Å²) in [6.07, 6.45) is 1.64. The van der Waals surface area contributed by atoms with Crippen molar-refractivity contribution in [2.75, 3.05) is 18.6 Å². The van der Waals surface area contributed by atoms with E-state index in [-0.39, 0.29) is 11.5 Å². The summed E-state index contributed by atoms with van der Waals surface area (Å²) >= 11 is 0. The van der Waals surface area contributed by atoms with Crippen LogP contribution >= 0.6 is 0 Å². The molecule has 1 amide bonds. The van der Waals surface area contributed by atoms with Crippen molar-refractivity contribution in [1.82, 2.24) is 9.78 Å². The number of hydrogen-bond donors (Lipinski definition) is 0. The van der Waals surface area contributed by atoms with Crippen LogP contribution < -0.4 is 4.90 Å². The van der Waals surface area contributed by atoms with Gasteiger partial charge in [-0.25, -0.2) is 9.07 Å². The summed E-state index contributed by atoms with van der Waals surface area (Å²) in [5.74, 6) is -0.0446. The molecule has 1 unspecified atom stereocenters. The van der Waals surface area contributed by atoms with Crippen molar-refractivity contribution in [2.45, 2.75) is 19.1 Å². The fourth-order valence-corrected chi connectivity index (χ4v) is 2.66. The number of hydrogen-bond acceptors (Lipinski definition) is 3. The van der Waals surface area contributed by atoms with Crippen molar-refractivity contribution < 1.29 is 13.9 Å². The Morgan fingerprint density at radius 2 is 2.10 bits per heavy atom. The maximum absolute atomic E-state index is 14.1. The summed E-state index contributed by atoms with van der Waals surface area (Å²) in [4.78, 5) is 14.5. The van der Waals surface area contributed by atoms with Crippen LogP contribution in [-0.4, -0.2) is 29.3 Å². The van der Waals surface area contributed by atoms with Crippen molar-refractivity contribution in [3.63, 3.8) is 0 Å². The molecule has 0 fully saturated rings. The number of fused-ring (bicyclic) bond motifs is 1. The molecule has 6 heteroatoms. The SMILES string of the molecule is COC(C)(C(=O)N1CCn2nccc21)c1ccccc1F. The van der Waals surface area contributed by atoms with Crippen LogP contribution in [0.3, 0.4) is 0 Å². The minimum absolute atomic E-state index is 0.232. The van der Waals surface area contributed by atoms with E-state index in [0.29, 0.717) is 18.9 Å². The van der Waals surface area contributed by atoms with Crippen LogP contribution in [0.25, 0.3) is 0 Å². The van der Waals surface area contributed by atoms with Gasteiger partial charge in [0.2, 0.25) is 0 Å². The summed E-state index contributed by atoms with van der Waals surface area (Å²) in [7, 11) is 1.41. The van der Waals surface area contributed by atoms with Gasteiger partial charge < -0.3 is 4.74 Å². The smallest absolute Gasteiger partial charge is 0.264 e. The number of ether oxygens (including phenoxy) is 1. The lowest BCUT2D eigenvalue weighted by atomic mass is 9.93. The van der Waals surface area contributed by atoms with Crippen molar-refractivity contribution in [1.29, 1.82) is 0 Å². The summed E-state index contributed by atoms with van der Waals surface area (Å²) in [5, 5.41) is 4.14. The van der Waals surface area contributed by atoms with E-state index in [1.54, 1.807) is 47.0 Å². The van der Waals surface area contributed by atoms with E-state index in [0.717, 1.165) is 0 Å². The molecule has 1 aromatic heterocycles. The third-order valence-electron chi connectivity index (χ3n) is 3.96. The molecule has 0 saturated carbocycles. The Hall–Kier alpha value is -2.21. The van der Waals surface area contributed by atoms with E-state index in [2.05, 4.69) is 5.10 Å². The second-order valence-corrected chi connectivity index (χ2v) is 5.09. The molecule has 1 aliphatic heterocycles. The molecule has 5 nitrogen and oxygen atoms in total. The number of halogens is 1. The van der Waals surface area contributed by atoms with Crippen LogP contribution in [-0.2, 0) is 21.7 Å². The standard InChI is InChI=1S/C15H16FN3O2/c1-15(21-2,11-5-3-4-6-12(11)16)14(20)18-9-10-19-13(18)7-8-17-19/h3-8H,9-10H2,1-2H3. The Morgan fingerprint density at radius 3 is 2.81 bits per heavy atom. The van der Waals surface area contributed by atoms with Gasteiger partial charge in [0, 0.05) is 25.3 Å². The van der Waals surface area contributed by atoms with Gasteiger partial charge in [-0.15, -0.1) is 0 Å². The highest BCUT2D eigenvalue weighted by atomic mass is 19.1. The van der Waals surface area contributed by atoms with Gasteiger partial charge >= 0.3 is 0 Å². The lowest BCUT2D eigenvalue weighted by molar-refractivity contribution is -0.139. The average molecular weight is 289 g/mol. The number of aromatic nitrogens is 2. The molecule has 0 radical (unpaired) electrons. The highest BCUT2D eigenvalue weighted by molar-refractivity contribution is 5.99. The number of amides is 1. The minimum Gasteiger partial charge on any atom is -0.364 e. The van der Waals surface area contributed by atoms with Crippen LogP contribution in [0.1, 0.15) is 12.5 Å². The topological polar surface area (TPSA) is 47.4 Å². The number of carbonyl (C=O) groups excluding carboxylic acids is 1. The predicted molar refractivity (Wildman–Crippen MR) is 75.3 cm³/mol. The molecular weight excluding hydrogens is 273 g/mol. The molecule has 21 heavy (non-hydrogen) atoms. The number of rotatable bonds is 3. The molecule has 110 valence electrons. The van der Waals surface area contributed by atoms with Gasteiger partial charge in [0.25, 0.3) is 5.91 Å². The first-order valence-electron chi connectivity index (χ1n) is 6.72. The monoisotopic (exact) mass is 289 g/mol. The summed E-state index contributed by atoms with van der Waals surface area (Å²) < 4.78 is 21.2. The van der Waals surface area contributed by atoms with E-state index in [9.17, 15) is 9.18 Å². The number of nitrogens with zero attached hydrogens (tertiary/aromatic N) is 3. The van der Waals surface area contributed by atoms with Gasteiger partial charge in [-0.1, -0.05) is 18.2 Å². The number of anilines is 1. The molecule has 2 heterocycles. The highest BCUT2D eigenvalue weighted by Gasteiger charge is 2.43. The molecule has 0 spiro atoms. The Kier molecular flexibility index (Phi) is 3.25. The molecule has 0 bridgehead atoms. The van der Waals surface area contributed by atoms with Crippen LogP contribution in [0.15, 0.2) is 36.5 Å². The van der Waals surface area contributed by atoms with Gasteiger partial charge in [0.1, 0.15) is 11.6 Å². The number of carbonyl (C=O) groups is 1. The lowest BCUT2D eigenvalue weighted by Crippen LogP contribution is -2.46. The summed E-state index contributed by atoms with van der Waals surface area (Å²) in [5.41, 5.74) is -1.14. The zero-order chi connectivity index (χ0) is 15.0. The largest absolute Gasteiger partial charge is 0.364 e. The summed E-state index contributed by atoms with van der Waals surface area (Å²) in [6.45, 7) is 2.73. The second kappa shape index (κ2) is 4.96. The maximum atomic E-state index is 14.1. The number of benzene rings is 1. The Labute approximate surface area is 121 Å². The van der Waals surface area contributed by atoms with E-state index in [1.807, 2.05) is 0 Å². The minimum atomic E-state index is -1.37. The van der Waals surface area contributed by atoms with E-state index >= 15 is 0 Å². The maximum Gasteiger partial charge on any atom is 0.264 e. The fourth-order valence-electron chi connectivity index (χ4n) is 2.66. The van der Waals surface area contributed by atoms with E-state index < -0.39 is 11.4 Å². The van der Waals surface area contributed by atoms with Gasteiger partial charge in [0.15, 0.2) is 5.60 Å². The van der Waals surface area contributed by atoms with Crippen LogP contribution in [0.2, 0.25) is 0 Å². The van der Waals surface area contributed by atoms with Crippen molar-refractivity contribution in [2.24, 2.45) is 0 Å². The van der Waals surface area contributed by atoms with Crippen LogP contribution in [0.5, 0.6) is 0 Å². The molecule has 3 rings (SSSR count). The Morgan fingerprint density at radius 1 is 1.33 bits per heavy atom. The first kappa shape index (κ1) is 13.8. The van der Waals surface area contributed by atoms with E-state index in [1.165, 1.54) is 13.2 Å². The second-order valence-electron chi connectivity index (χ2n) is 5.09. The quantitative estimate of drug-likeness (QED) is 0.867. The van der Waals surface area contributed by atoms with E-state index in [4.69, 9.17) is 4.74 Å². The first-order valence-corrected chi connectivity index (χ1v) is 6.72. The molecule has 0 saturated heterocycles. The first-order chi connectivity index (χ1) is 10.1. The highest BCUT2D eigenvalue weighted by Crippen LogP contribution is 2.32. The number of methoxy groups -OCH3 is 1. The lowest BCUT2D eigenvalue weighted by Gasteiger charge is -2.31. The van der Waals surface area contributed by atoms with Gasteiger partial charge in [-0.3, -0.25) is 9.69 Å². The normalized spacial score (nSPS) is 16.6. The fraction of sp³-hybridized carbons (Fsp3) is 0.333. The third kappa shape index (κ3) is 2.03. The van der Waals surface area contributed by atoms with Crippen molar-refractivity contribution in [3.05, 3.63) is 47.9 Å². The average Bonchev–Trinajstić information content (AvgIpc) is 3.09. The molecule has 2 aromatic rings. The Bertz CT molecular complexity index is 685. The van der Waals surface area contributed by atoms with Gasteiger partial charge in [-0.2, -0.15) is 5.10 Å². The summed E-state index contributed by atoms with van der Waals surface area (Å²) in [6, 6.07) is 7.95. The molecule has 1 atom stereocenters. The zero-order valence-electron chi connectivity index (χ0n) is 11.9. The van der Waals surface area contributed by atoms with Gasteiger partial charge in [-0.05, 0) is 13.0 Å². The molecule has 1 aliphatic rings. The third-order valence-corrected chi connectivity index (χ3v) is 3.96. The van der Waals surface area contributed by atoms with Gasteiger partial charge in [0.05, 0.1) is 12.7 Å². The van der Waals surface area contributed by atoms with Crippen LogP contribution in [0.4, 0.5) is 10.2 Å². The van der Waals surface area contributed by atoms with Crippen LogP contribution in [0, 0.1) is 5.82 Å². The predicted octanol–water partition coefficient (Wildman–Crippen LogP) is 1.93. The van der Waals surface area contributed by atoms with Crippen molar-refractivity contribution in [3.8, 4) is 0 Å². The molecule has 0 N–H and O–H groups in total. The van der Waals surface area contributed by atoms with Crippen molar-refractivity contribution >= 4 is 11.7 Å². The molecule has 0 aliphatic carbocycles. The molecule has 1 aromatic carbocycles.